The average Bonchev–Trinajstić information content (AvgIpc) is 2.37. The van der Waals surface area contributed by atoms with Crippen LogP contribution in [0.4, 0.5) is 5.82 Å². The number of halogens is 1. The predicted octanol–water partition coefficient (Wildman–Crippen LogP) is 3.42. The lowest BCUT2D eigenvalue weighted by molar-refractivity contribution is 0.102. The molecule has 0 aliphatic heterocycles. The largest absolute Gasteiger partial charge is 0.507 e. The summed E-state index contributed by atoms with van der Waals surface area (Å²) in [5.41, 5.74) is 1.87. The lowest BCUT2D eigenvalue weighted by Crippen LogP contribution is -2.13. The zero-order valence-electron chi connectivity index (χ0n) is 10.6. The summed E-state index contributed by atoms with van der Waals surface area (Å²) in [5.74, 6) is 0.0656. The summed E-state index contributed by atoms with van der Waals surface area (Å²) < 4.78 is 0.879. The van der Waals surface area contributed by atoms with Gasteiger partial charge in [-0.1, -0.05) is 12.1 Å². The zero-order valence-corrected chi connectivity index (χ0v) is 12.2. The third-order valence-corrected chi connectivity index (χ3v) is 3.60. The number of benzene rings is 1. The van der Waals surface area contributed by atoms with E-state index in [1.807, 2.05) is 6.92 Å². The van der Waals surface area contributed by atoms with Crippen LogP contribution in [-0.4, -0.2) is 16.0 Å². The Balaban J connectivity index is 2.26. The van der Waals surface area contributed by atoms with Crippen molar-refractivity contribution in [1.82, 2.24) is 4.98 Å². The molecule has 1 amide bonds. The van der Waals surface area contributed by atoms with E-state index in [0.29, 0.717) is 11.4 Å². The molecule has 1 aromatic carbocycles. The monoisotopic (exact) mass is 320 g/mol. The molecule has 19 heavy (non-hydrogen) atoms. The fraction of sp³-hybridized carbons (Fsp3) is 0.143. The summed E-state index contributed by atoms with van der Waals surface area (Å²) in [5, 5.41) is 12.5. The van der Waals surface area contributed by atoms with Crippen molar-refractivity contribution in [3.05, 3.63) is 51.6 Å². The number of hydrogen-bond acceptors (Lipinski definition) is 3. The van der Waals surface area contributed by atoms with E-state index in [2.05, 4.69) is 26.2 Å². The maximum absolute atomic E-state index is 12.1. The van der Waals surface area contributed by atoms with E-state index in [0.717, 1.165) is 10.0 Å². The first-order valence-corrected chi connectivity index (χ1v) is 6.50. The minimum atomic E-state index is -0.379. The van der Waals surface area contributed by atoms with Gasteiger partial charge < -0.3 is 10.4 Å². The van der Waals surface area contributed by atoms with Gasteiger partial charge in [-0.25, -0.2) is 4.98 Å². The van der Waals surface area contributed by atoms with Gasteiger partial charge in [0.2, 0.25) is 0 Å². The van der Waals surface area contributed by atoms with Gasteiger partial charge in [0, 0.05) is 10.7 Å². The number of nitrogens with zero attached hydrogens (tertiary/aromatic N) is 1. The first kappa shape index (κ1) is 13.5. The van der Waals surface area contributed by atoms with Crippen LogP contribution in [-0.2, 0) is 0 Å². The molecule has 0 bridgehead atoms. The predicted molar refractivity (Wildman–Crippen MR) is 77.5 cm³/mol. The van der Waals surface area contributed by atoms with Crippen LogP contribution in [0, 0.1) is 13.8 Å². The van der Waals surface area contributed by atoms with Gasteiger partial charge in [0.25, 0.3) is 5.91 Å². The number of amides is 1. The number of carbonyl (C=O) groups excluding carboxylic acids is 1. The fourth-order valence-electron chi connectivity index (χ4n) is 1.63. The number of rotatable bonds is 2. The molecule has 1 aromatic heterocycles. The molecule has 0 aliphatic rings. The molecule has 0 aliphatic carbocycles. The highest BCUT2D eigenvalue weighted by atomic mass is 79.9. The van der Waals surface area contributed by atoms with Crippen LogP contribution in [0.5, 0.6) is 5.75 Å². The second-order valence-corrected chi connectivity index (χ2v) is 5.10. The molecule has 2 aromatic rings. The highest BCUT2D eigenvalue weighted by Crippen LogP contribution is 2.23. The van der Waals surface area contributed by atoms with E-state index in [1.165, 1.54) is 0 Å². The van der Waals surface area contributed by atoms with Gasteiger partial charge in [-0.2, -0.15) is 0 Å². The number of pyridine rings is 1. The van der Waals surface area contributed by atoms with E-state index in [9.17, 15) is 9.90 Å². The molecular formula is C14H13BrN2O2. The normalized spacial score (nSPS) is 10.3. The molecule has 0 atom stereocenters. The molecule has 0 saturated heterocycles. The lowest BCUT2D eigenvalue weighted by atomic mass is 10.1. The fourth-order valence-corrected chi connectivity index (χ4v) is 1.85. The Morgan fingerprint density at radius 3 is 2.74 bits per heavy atom. The minimum Gasteiger partial charge on any atom is -0.507 e. The van der Waals surface area contributed by atoms with Crippen LogP contribution in [0.25, 0.3) is 0 Å². The van der Waals surface area contributed by atoms with Crippen molar-refractivity contribution in [1.29, 1.82) is 0 Å². The topological polar surface area (TPSA) is 62.2 Å². The van der Waals surface area contributed by atoms with E-state index in [1.54, 1.807) is 37.4 Å². The molecule has 2 N–H and O–H groups in total. The summed E-state index contributed by atoms with van der Waals surface area (Å²) in [6, 6.07) is 6.80. The third kappa shape index (κ3) is 2.93. The summed E-state index contributed by atoms with van der Waals surface area (Å²) in [7, 11) is 0. The number of carbonyl (C=O) groups is 1. The van der Waals surface area contributed by atoms with Crippen molar-refractivity contribution in [2.24, 2.45) is 0 Å². The van der Waals surface area contributed by atoms with E-state index in [4.69, 9.17) is 0 Å². The van der Waals surface area contributed by atoms with Gasteiger partial charge in [-0.3, -0.25) is 4.79 Å². The lowest BCUT2D eigenvalue weighted by Gasteiger charge is -2.08. The summed E-state index contributed by atoms with van der Waals surface area (Å²) >= 11 is 3.35. The van der Waals surface area contributed by atoms with Crippen LogP contribution >= 0.6 is 15.9 Å². The van der Waals surface area contributed by atoms with Gasteiger partial charge in [-0.15, -0.1) is 0 Å². The van der Waals surface area contributed by atoms with Crippen molar-refractivity contribution in [3.63, 3.8) is 0 Å². The van der Waals surface area contributed by atoms with E-state index in [-0.39, 0.29) is 17.2 Å². The summed E-state index contributed by atoms with van der Waals surface area (Å²) in [6.45, 7) is 3.65. The second kappa shape index (κ2) is 5.40. The smallest absolute Gasteiger partial charge is 0.260 e. The standard InChI is InChI=1S/C14H13BrN2O2/c1-8-4-3-5-10(13(8)18)14(19)17-12-6-9(2)11(15)7-16-12/h3-7,18H,1-2H3,(H,16,17,19). The van der Waals surface area contributed by atoms with Crippen molar-refractivity contribution in [2.75, 3.05) is 5.32 Å². The number of para-hydroxylation sites is 1. The average molecular weight is 321 g/mol. The molecule has 5 heteroatoms. The number of aromatic nitrogens is 1. The number of aryl methyl sites for hydroxylation is 2. The maximum atomic E-state index is 12.1. The van der Waals surface area contributed by atoms with Gasteiger partial charge in [0.1, 0.15) is 11.6 Å². The van der Waals surface area contributed by atoms with Crippen LogP contribution < -0.4 is 5.32 Å². The van der Waals surface area contributed by atoms with Gasteiger partial charge in [0.05, 0.1) is 5.56 Å². The third-order valence-electron chi connectivity index (χ3n) is 2.77. The van der Waals surface area contributed by atoms with Gasteiger partial charge in [0.15, 0.2) is 0 Å². The van der Waals surface area contributed by atoms with Crippen molar-refractivity contribution in [3.8, 4) is 5.75 Å². The Labute approximate surface area is 119 Å². The number of phenols is 1. The Morgan fingerprint density at radius 2 is 2.05 bits per heavy atom. The van der Waals surface area contributed by atoms with E-state index >= 15 is 0 Å². The maximum Gasteiger partial charge on any atom is 0.260 e. The number of hydrogen-bond donors (Lipinski definition) is 2. The molecular weight excluding hydrogens is 308 g/mol. The summed E-state index contributed by atoms with van der Waals surface area (Å²) in [4.78, 5) is 16.2. The number of aromatic hydroxyl groups is 1. The molecule has 0 fully saturated rings. The number of phenolic OH excluding ortho intramolecular Hbond substituents is 1. The Kier molecular flexibility index (Phi) is 3.85. The van der Waals surface area contributed by atoms with Crippen LogP contribution in [0.1, 0.15) is 21.5 Å². The molecule has 0 radical (unpaired) electrons. The molecule has 1 heterocycles. The molecule has 98 valence electrons. The van der Waals surface area contributed by atoms with Crippen molar-refractivity contribution < 1.29 is 9.90 Å². The SMILES string of the molecule is Cc1cc(NC(=O)c2cccc(C)c2O)ncc1Br. The van der Waals surface area contributed by atoms with Crippen molar-refractivity contribution >= 4 is 27.7 Å². The zero-order chi connectivity index (χ0) is 14.0. The Morgan fingerprint density at radius 1 is 1.32 bits per heavy atom. The quantitative estimate of drug-likeness (QED) is 0.891. The Hall–Kier alpha value is -1.88. The molecule has 2 rings (SSSR count). The molecule has 0 spiro atoms. The molecule has 4 nitrogen and oxygen atoms in total. The van der Waals surface area contributed by atoms with E-state index < -0.39 is 0 Å². The number of anilines is 1. The highest BCUT2D eigenvalue weighted by molar-refractivity contribution is 9.10. The first-order valence-electron chi connectivity index (χ1n) is 5.71. The second-order valence-electron chi connectivity index (χ2n) is 4.24. The molecule has 0 unspecified atom stereocenters. The molecule has 0 saturated carbocycles. The minimum absolute atomic E-state index is 0.00571. The van der Waals surface area contributed by atoms with Crippen molar-refractivity contribution in [2.45, 2.75) is 13.8 Å². The van der Waals surface area contributed by atoms with Crippen LogP contribution in [0.3, 0.4) is 0 Å². The Bertz CT molecular complexity index is 641. The summed E-state index contributed by atoms with van der Waals surface area (Å²) in [6.07, 6.45) is 1.63. The highest BCUT2D eigenvalue weighted by Gasteiger charge is 2.13. The first-order chi connectivity index (χ1) is 8.99. The number of nitrogens with one attached hydrogen (secondary N) is 1. The van der Waals surface area contributed by atoms with Crippen LogP contribution in [0.2, 0.25) is 0 Å². The van der Waals surface area contributed by atoms with Gasteiger partial charge >= 0.3 is 0 Å². The van der Waals surface area contributed by atoms with Crippen LogP contribution in [0.15, 0.2) is 34.9 Å². The van der Waals surface area contributed by atoms with Gasteiger partial charge in [-0.05, 0) is 53.0 Å².